The number of hydrogen-bond donors (Lipinski definition) is 0. The Morgan fingerprint density at radius 3 is 2.68 bits per heavy atom. The fraction of sp³-hybridized carbons (Fsp3) is 0.208. The molecule has 0 fully saturated rings. The van der Waals surface area contributed by atoms with E-state index in [-0.39, 0.29) is 5.91 Å². The molecule has 0 N–H and O–H groups in total. The van der Waals surface area contributed by atoms with E-state index < -0.39 is 0 Å². The fourth-order valence-electron chi connectivity index (χ4n) is 3.64. The van der Waals surface area contributed by atoms with Crippen LogP contribution in [0.15, 0.2) is 72.9 Å². The monoisotopic (exact) mass is 372 g/mol. The molecule has 2 aromatic carbocycles. The lowest BCUT2D eigenvalue weighted by Gasteiger charge is -2.17. The summed E-state index contributed by atoms with van der Waals surface area (Å²) < 4.78 is 7.45. The van der Waals surface area contributed by atoms with Gasteiger partial charge in [-0.1, -0.05) is 48.5 Å². The molecule has 0 bridgehead atoms. The number of carbonyl (C=O) groups excluding carboxylic acids is 1. The first-order valence-electron chi connectivity index (χ1n) is 9.48. The maximum Gasteiger partial charge on any atom is 0.256 e. The Bertz CT molecular complexity index is 1020. The predicted molar refractivity (Wildman–Crippen MR) is 112 cm³/mol. The van der Waals surface area contributed by atoms with Crippen molar-refractivity contribution in [2.24, 2.45) is 0 Å². The molecule has 0 atom stereocenters. The van der Waals surface area contributed by atoms with Crippen molar-refractivity contribution in [1.82, 2.24) is 9.47 Å². The van der Waals surface area contributed by atoms with Crippen molar-refractivity contribution in [1.29, 1.82) is 0 Å². The van der Waals surface area contributed by atoms with Crippen LogP contribution < -0.4 is 4.74 Å². The molecule has 1 aliphatic rings. The van der Waals surface area contributed by atoms with E-state index >= 15 is 0 Å². The number of carbonyl (C=O) groups is 1. The molecule has 4 heteroatoms. The SMILES string of the molecule is COc1cccc(C2=CCN(C(=O)c3ccn(Cc4ccccc4)c3C)C2)c1. The Kier molecular flexibility index (Phi) is 5.02. The number of amides is 1. The smallest absolute Gasteiger partial charge is 0.256 e. The molecule has 0 saturated carbocycles. The summed E-state index contributed by atoms with van der Waals surface area (Å²) in [6.07, 6.45) is 4.13. The molecule has 0 saturated heterocycles. The van der Waals surface area contributed by atoms with Crippen LogP contribution in [0.25, 0.3) is 5.57 Å². The largest absolute Gasteiger partial charge is 0.497 e. The first kappa shape index (κ1) is 18.1. The second-order valence-electron chi connectivity index (χ2n) is 7.08. The van der Waals surface area contributed by atoms with Gasteiger partial charge in [0, 0.05) is 31.5 Å². The second kappa shape index (κ2) is 7.77. The van der Waals surface area contributed by atoms with Gasteiger partial charge in [-0.15, -0.1) is 0 Å². The lowest BCUT2D eigenvalue weighted by atomic mass is 10.1. The van der Waals surface area contributed by atoms with Crippen molar-refractivity contribution >= 4 is 11.5 Å². The van der Waals surface area contributed by atoms with E-state index in [1.807, 2.05) is 60.5 Å². The van der Waals surface area contributed by atoms with Gasteiger partial charge in [0.15, 0.2) is 0 Å². The fourth-order valence-corrected chi connectivity index (χ4v) is 3.64. The zero-order valence-corrected chi connectivity index (χ0v) is 16.3. The molecule has 1 amide bonds. The highest BCUT2D eigenvalue weighted by molar-refractivity contribution is 5.97. The molecule has 0 unspecified atom stereocenters. The minimum atomic E-state index is 0.0819. The van der Waals surface area contributed by atoms with Gasteiger partial charge >= 0.3 is 0 Å². The van der Waals surface area contributed by atoms with Crippen molar-refractivity contribution in [3.05, 3.63) is 95.3 Å². The Morgan fingerprint density at radius 2 is 1.89 bits per heavy atom. The summed E-state index contributed by atoms with van der Waals surface area (Å²) in [5.74, 6) is 0.912. The van der Waals surface area contributed by atoms with E-state index in [0.29, 0.717) is 13.1 Å². The summed E-state index contributed by atoms with van der Waals surface area (Å²) in [4.78, 5) is 15.0. The molecular formula is C24H24N2O2. The van der Waals surface area contributed by atoms with Gasteiger partial charge in [0.1, 0.15) is 5.75 Å². The van der Waals surface area contributed by atoms with Crippen LogP contribution in [0, 0.1) is 6.92 Å². The van der Waals surface area contributed by atoms with Crippen LogP contribution in [-0.4, -0.2) is 35.6 Å². The summed E-state index contributed by atoms with van der Waals surface area (Å²) in [6, 6.07) is 20.2. The molecule has 1 aliphatic heterocycles. The second-order valence-corrected chi connectivity index (χ2v) is 7.08. The molecule has 0 radical (unpaired) electrons. The molecule has 3 aromatic rings. The predicted octanol–water partition coefficient (Wildman–Crippen LogP) is 4.39. The van der Waals surface area contributed by atoms with Crippen LogP contribution in [0.4, 0.5) is 0 Å². The summed E-state index contributed by atoms with van der Waals surface area (Å²) in [5, 5.41) is 0. The average molecular weight is 372 g/mol. The maximum atomic E-state index is 13.1. The van der Waals surface area contributed by atoms with E-state index in [0.717, 1.165) is 34.7 Å². The highest BCUT2D eigenvalue weighted by atomic mass is 16.5. The molecule has 0 aliphatic carbocycles. The molecule has 4 rings (SSSR count). The van der Waals surface area contributed by atoms with Gasteiger partial charge in [0.2, 0.25) is 0 Å². The summed E-state index contributed by atoms with van der Waals surface area (Å²) in [5.41, 5.74) is 5.27. The number of rotatable bonds is 5. The minimum absolute atomic E-state index is 0.0819. The van der Waals surface area contributed by atoms with Crippen LogP contribution in [-0.2, 0) is 6.54 Å². The van der Waals surface area contributed by atoms with Gasteiger partial charge < -0.3 is 14.2 Å². The zero-order chi connectivity index (χ0) is 19.5. The number of hydrogen-bond acceptors (Lipinski definition) is 2. The van der Waals surface area contributed by atoms with E-state index in [1.54, 1.807) is 7.11 Å². The Labute approximate surface area is 165 Å². The van der Waals surface area contributed by atoms with Crippen molar-refractivity contribution < 1.29 is 9.53 Å². The van der Waals surface area contributed by atoms with Crippen LogP contribution >= 0.6 is 0 Å². The van der Waals surface area contributed by atoms with Gasteiger partial charge in [-0.25, -0.2) is 0 Å². The molecule has 0 spiro atoms. The lowest BCUT2D eigenvalue weighted by Crippen LogP contribution is -2.29. The first-order chi connectivity index (χ1) is 13.7. The maximum absolute atomic E-state index is 13.1. The zero-order valence-electron chi connectivity index (χ0n) is 16.3. The Balaban J connectivity index is 1.47. The first-order valence-corrected chi connectivity index (χ1v) is 9.48. The minimum Gasteiger partial charge on any atom is -0.497 e. The standard InChI is InChI=1S/C24H24N2O2/c1-18-23(12-14-25(18)16-19-7-4-3-5-8-19)24(27)26-13-11-21(17-26)20-9-6-10-22(15-20)28-2/h3-12,14-15H,13,16-17H2,1-2H3. The number of aromatic nitrogens is 1. The summed E-state index contributed by atoms with van der Waals surface area (Å²) in [6.45, 7) is 4.04. The number of ether oxygens (including phenoxy) is 1. The molecular weight excluding hydrogens is 348 g/mol. The van der Waals surface area contributed by atoms with E-state index in [9.17, 15) is 4.79 Å². The summed E-state index contributed by atoms with van der Waals surface area (Å²) in [7, 11) is 1.67. The van der Waals surface area contributed by atoms with Crippen molar-refractivity contribution in [3.8, 4) is 5.75 Å². The van der Waals surface area contributed by atoms with Gasteiger partial charge in [-0.3, -0.25) is 4.79 Å². The molecule has 1 aromatic heterocycles. The van der Waals surface area contributed by atoms with Crippen molar-refractivity contribution in [2.75, 3.05) is 20.2 Å². The van der Waals surface area contributed by atoms with Crippen molar-refractivity contribution in [3.63, 3.8) is 0 Å². The number of nitrogens with zero attached hydrogens (tertiary/aromatic N) is 2. The topological polar surface area (TPSA) is 34.5 Å². The van der Waals surface area contributed by atoms with E-state index in [2.05, 4.69) is 28.8 Å². The third kappa shape index (κ3) is 3.58. The Morgan fingerprint density at radius 1 is 1.07 bits per heavy atom. The molecule has 4 nitrogen and oxygen atoms in total. The van der Waals surface area contributed by atoms with Gasteiger partial charge in [0.25, 0.3) is 5.91 Å². The van der Waals surface area contributed by atoms with Crippen molar-refractivity contribution in [2.45, 2.75) is 13.5 Å². The molecule has 2 heterocycles. The Hall–Kier alpha value is -3.27. The van der Waals surface area contributed by atoms with Crippen LogP contribution in [0.1, 0.15) is 27.2 Å². The number of methoxy groups -OCH3 is 1. The normalized spacial score (nSPS) is 13.5. The molecule has 142 valence electrons. The van der Waals surface area contributed by atoms with E-state index in [4.69, 9.17) is 4.74 Å². The van der Waals surface area contributed by atoms with Crippen LogP contribution in [0.5, 0.6) is 5.75 Å². The van der Waals surface area contributed by atoms with Gasteiger partial charge in [-0.05, 0) is 41.8 Å². The average Bonchev–Trinajstić information content (AvgIpc) is 3.36. The van der Waals surface area contributed by atoms with Gasteiger partial charge in [-0.2, -0.15) is 0 Å². The quantitative estimate of drug-likeness (QED) is 0.666. The highest BCUT2D eigenvalue weighted by Crippen LogP contribution is 2.26. The van der Waals surface area contributed by atoms with Crippen LogP contribution in [0.2, 0.25) is 0 Å². The third-order valence-electron chi connectivity index (χ3n) is 5.31. The van der Waals surface area contributed by atoms with E-state index in [1.165, 1.54) is 5.56 Å². The van der Waals surface area contributed by atoms with Crippen LogP contribution in [0.3, 0.4) is 0 Å². The lowest BCUT2D eigenvalue weighted by molar-refractivity contribution is 0.0800. The number of benzene rings is 2. The summed E-state index contributed by atoms with van der Waals surface area (Å²) >= 11 is 0. The molecule has 28 heavy (non-hydrogen) atoms. The van der Waals surface area contributed by atoms with Gasteiger partial charge in [0.05, 0.1) is 12.7 Å². The third-order valence-corrected chi connectivity index (χ3v) is 5.31. The highest BCUT2D eigenvalue weighted by Gasteiger charge is 2.24.